The van der Waals surface area contributed by atoms with E-state index >= 15 is 0 Å². The van der Waals surface area contributed by atoms with E-state index in [0.29, 0.717) is 18.4 Å². The molecule has 0 radical (unpaired) electrons. The molecule has 174 valence electrons. The van der Waals surface area contributed by atoms with Crippen molar-refractivity contribution in [1.82, 2.24) is 24.8 Å². The van der Waals surface area contributed by atoms with Crippen molar-refractivity contribution in [2.24, 2.45) is 0 Å². The number of nitrogens with one attached hydrogen (secondary N) is 1. The zero-order chi connectivity index (χ0) is 23.9. The zero-order valence-corrected chi connectivity index (χ0v) is 20.2. The third-order valence-electron chi connectivity index (χ3n) is 6.00. The predicted octanol–water partition coefficient (Wildman–Crippen LogP) is 3.96. The van der Waals surface area contributed by atoms with Gasteiger partial charge in [-0.2, -0.15) is 10.4 Å². The topological polar surface area (TPSA) is 115 Å². The number of fused-ring (bicyclic) bond motifs is 1. The molecule has 10 heteroatoms. The van der Waals surface area contributed by atoms with Crippen LogP contribution < -0.4 is 10.2 Å². The molecule has 9 nitrogen and oxygen atoms in total. The number of aromatic nitrogens is 5. The van der Waals surface area contributed by atoms with Crippen molar-refractivity contribution in [3.63, 3.8) is 0 Å². The number of rotatable bonds is 5. The molecule has 0 spiro atoms. The summed E-state index contributed by atoms with van der Waals surface area (Å²) in [5.74, 6) is 0. The number of piperidine rings is 1. The molecular weight excluding hydrogens is 448 g/mol. The second-order valence-electron chi connectivity index (χ2n) is 9.20. The molecule has 0 bridgehead atoms. The van der Waals surface area contributed by atoms with Gasteiger partial charge in [0.1, 0.15) is 6.07 Å². The highest BCUT2D eigenvalue weighted by atomic mass is 32.1. The SMILES string of the molecule is CC(C)Nc1cc(-c2ccc3cc(C#N)cnn23)ncc1-c1nnc(N2CCC(C)(O)CC2)s1. The Balaban J connectivity index is 1.49. The lowest BCUT2D eigenvalue weighted by molar-refractivity contribution is 0.0351. The third kappa shape index (κ3) is 4.32. The van der Waals surface area contributed by atoms with Gasteiger partial charge < -0.3 is 15.3 Å². The highest BCUT2D eigenvalue weighted by Crippen LogP contribution is 2.37. The smallest absolute Gasteiger partial charge is 0.208 e. The van der Waals surface area contributed by atoms with Crippen LogP contribution in [0.1, 0.15) is 39.2 Å². The summed E-state index contributed by atoms with van der Waals surface area (Å²) in [6.07, 6.45) is 4.82. The van der Waals surface area contributed by atoms with E-state index in [1.807, 2.05) is 31.3 Å². The van der Waals surface area contributed by atoms with Gasteiger partial charge in [-0.1, -0.05) is 11.3 Å². The molecule has 0 aromatic carbocycles. The van der Waals surface area contributed by atoms with E-state index in [4.69, 9.17) is 10.2 Å². The zero-order valence-electron chi connectivity index (χ0n) is 19.4. The minimum Gasteiger partial charge on any atom is -0.390 e. The number of nitriles is 1. The van der Waals surface area contributed by atoms with E-state index in [1.54, 1.807) is 16.8 Å². The van der Waals surface area contributed by atoms with Gasteiger partial charge in [0.15, 0.2) is 5.01 Å². The van der Waals surface area contributed by atoms with Crippen LogP contribution in [0.5, 0.6) is 0 Å². The van der Waals surface area contributed by atoms with Crippen LogP contribution in [0.3, 0.4) is 0 Å². The molecule has 0 saturated carbocycles. The molecule has 1 fully saturated rings. The molecule has 5 heterocycles. The third-order valence-corrected chi connectivity index (χ3v) is 7.01. The number of nitrogens with zero attached hydrogens (tertiary/aromatic N) is 7. The molecule has 0 atom stereocenters. The summed E-state index contributed by atoms with van der Waals surface area (Å²) in [7, 11) is 0. The molecule has 0 unspecified atom stereocenters. The maximum atomic E-state index is 10.2. The van der Waals surface area contributed by atoms with Crippen LogP contribution in [0.4, 0.5) is 10.8 Å². The fourth-order valence-corrected chi connectivity index (χ4v) is 5.00. The summed E-state index contributed by atoms with van der Waals surface area (Å²) in [6, 6.07) is 10.0. The first kappa shape index (κ1) is 22.3. The van der Waals surface area contributed by atoms with Gasteiger partial charge in [-0.3, -0.25) is 4.98 Å². The quantitative estimate of drug-likeness (QED) is 0.447. The minimum absolute atomic E-state index is 0.214. The van der Waals surface area contributed by atoms with Gasteiger partial charge in [-0.15, -0.1) is 10.2 Å². The van der Waals surface area contributed by atoms with Crippen molar-refractivity contribution in [2.45, 2.75) is 45.3 Å². The minimum atomic E-state index is -0.605. The van der Waals surface area contributed by atoms with E-state index in [1.165, 1.54) is 11.3 Å². The maximum absolute atomic E-state index is 10.2. The largest absolute Gasteiger partial charge is 0.390 e. The second-order valence-corrected chi connectivity index (χ2v) is 10.2. The van der Waals surface area contributed by atoms with Crippen molar-refractivity contribution in [3.05, 3.63) is 42.2 Å². The van der Waals surface area contributed by atoms with Gasteiger partial charge in [0.2, 0.25) is 5.13 Å². The highest BCUT2D eigenvalue weighted by molar-refractivity contribution is 7.18. The Morgan fingerprint density at radius 3 is 2.71 bits per heavy atom. The summed E-state index contributed by atoms with van der Waals surface area (Å²) in [6.45, 7) is 7.59. The normalized spacial score (nSPS) is 15.6. The first-order valence-corrected chi connectivity index (χ1v) is 12.1. The Morgan fingerprint density at radius 1 is 1.18 bits per heavy atom. The Hall–Kier alpha value is -3.55. The molecular formula is C24H26N8OS. The lowest BCUT2D eigenvalue weighted by Gasteiger charge is -2.35. The van der Waals surface area contributed by atoms with Gasteiger partial charge in [0, 0.05) is 31.0 Å². The van der Waals surface area contributed by atoms with Crippen molar-refractivity contribution in [2.75, 3.05) is 23.3 Å². The van der Waals surface area contributed by atoms with E-state index in [-0.39, 0.29) is 6.04 Å². The van der Waals surface area contributed by atoms with Gasteiger partial charge in [-0.25, -0.2) is 4.52 Å². The highest BCUT2D eigenvalue weighted by Gasteiger charge is 2.29. The summed E-state index contributed by atoms with van der Waals surface area (Å²) in [4.78, 5) is 6.91. The number of hydrogen-bond donors (Lipinski definition) is 2. The molecule has 34 heavy (non-hydrogen) atoms. The fraction of sp³-hybridized carbons (Fsp3) is 0.375. The molecule has 4 aromatic heterocycles. The van der Waals surface area contributed by atoms with Gasteiger partial charge >= 0.3 is 0 Å². The van der Waals surface area contributed by atoms with Gasteiger partial charge in [-0.05, 0) is 57.9 Å². The Kier molecular flexibility index (Phi) is 5.67. The molecule has 0 amide bonds. The predicted molar refractivity (Wildman–Crippen MR) is 133 cm³/mol. The summed E-state index contributed by atoms with van der Waals surface area (Å²) in [5, 5.41) is 37.9. The van der Waals surface area contributed by atoms with Gasteiger partial charge in [0.05, 0.1) is 39.8 Å². The number of pyridine rings is 1. The number of hydrogen-bond acceptors (Lipinski definition) is 9. The first-order valence-electron chi connectivity index (χ1n) is 11.3. The molecule has 0 aliphatic carbocycles. The fourth-order valence-electron chi connectivity index (χ4n) is 4.08. The van der Waals surface area contributed by atoms with Crippen LogP contribution in [-0.4, -0.2) is 54.6 Å². The van der Waals surface area contributed by atoms with E-state index < -0.39 is 5.60 Å². The van der Waals surface area contributed by atoms with Crippen molar-refractivity contribution >= 4 is 27.7 Å². The average Bonchev–Trinajstić information content (AvgIpc) is 3.45. The Morgan fingerprint density at radius 2 is 1.97 bits per heavy atom. The summed E-state index contributed by atoms with van der Waals surface area (Å²) < 4.78 is 1.79. The first-order chi connectivity index (χ1) is 16.3. The molecule has 1 aliphatic heterocycles. The van der Waals surface area contributed by atoms with Crippen LogP contribution in [0.15, 0.2) is 36.7 Å². The van der Waals surface area contributed by atoms with Crippen LogP contribution >= 0.6 is 11.3 Å². The molecule has 2 N–H and O–H groups in total. The summed E-state index contributed by atoms with van der Waals surface area (Å²) >= 11 is 1.54. The average molecular weight is 475 g/mol. The van der Waals surface area contributed by atoms with E-state index in [9.17, 15) is 5.11 Å². The lowest BCUT2D eigenvalue weighted by Crippen LogP contribution is -2.42. The van der Waals surface area contributed by atoms with Crippen molar-refractivity contribution in [3.8, 4) is 28.0 Å². The molecule has 4 aromatic rings. The summed E-state index contributed by atoms with van der Waals surface area (Å²) in [5.41, 5.74) is 4.19. The van der Waals surface area contributed by atoms with Crippen LogP contribution in [-0.2, 0) is 0 Å². The van der Waals surface area contributed by atoms with Crippen LogP contribution in [0.25, 0.3) is 27.5 Å². The number of anilines is 2. The molecule has 1 aliphatic rings. The lowest BCUT2D eigenvalue weighted by atomic mass is 9.94. The van der Waals surface area contributed by atoms with Crippen LogP contribution in [0, 0.1) is 11.3 Å². The Bertz CT molecular complexity index is 1370. The number of aliphatic hydroxyl groups is 1. The van der Waals surface area contributed by atoms with Gasteiger partial charge in [0.25, 0.3) is 0 Å². The molecule has 5 rings (SSSR count). The molecule has 1 saturated heterocycles. The maximum Gasteiger partial charge on any atom is 0.208 e. The van der Waals surface area contributed by atoms with E-state index in [2.05, 4.69) is 45.4 Å². The van der Waals surface area contributed by atoms with E-state index in [0.717, 1.165) is 51.4 Å². The van der Waals surface area contributed by atoms with Crippen LogP contribution in [0.2, 0.25) is 0 Å². The van der Waals surface area contributed by atoms with Crippen molar-refractivity contribution in [1.29, 1.82) is 5.26 Å². The Labute approximate surface area is 201 Å². The standard InChI is InChI=1S/C24H26N8OS/c1-15(2)28-19-11-20(21-5-4-17-10-16(12-25)13-27-32(17)21)26-14-18(19)22-29-30-23(34-22)31-8-6-24(3,33)7-9-31/h4-5,10-11,13-15,33H,6-9H2,1-3H3,(H,26,28). The second kappa shape index (κ2) is 8.66. The monoisotopic (exact) mass is 474 g/mol. The van der Waals surface area contributed by atoms with Crippen molar-refractivity contribution < 1.29 is 5.11 Å².